The van der Waals surface area contributed by atoms with E-state index >= 15 is 0 Å². The van der Waals surface area contributed by atoms with Crippen molar-refractivity contribution in [2.45, 2.75) is 4.90 Å². The summed E-state index contributed by atoms with van der Waals surface area (Å²) in [4.78, 5) is 17.7. The van der Waals surface area contributed by atoms with E-state index in [1.807, 2.05) is 66.7 Å². The van der Waals surface area contributed by atoms with E-state index in [1.54, 1.807) is 31.0 Å². The molecule has 32 heavy (non-hydrogen) atoms. The maximum Gasteiger partial charge on any atom is 0.363 e. The number of rotatable bonds is 8. The molecule has 7 heteroatoms. The number of cyclic esters (lactones) is 1. The fourth-order valence-electron chi connectivity index (χ4n) is 3.01. The van der Waals surface area contributed by atoms with E-state index in [9.17, 15) is 4.79 Å². The number of ether oxygens (including phenoxy) is 3. The summed E-state index contributed by atoms with van der Waals surface area (Å²) in [7, 11) is 1.58. The van der Waals surface area contributed by atoms with Crippen LogP contribution in [-0.2, 0) is 9.53 Å². The van der Waals surface area contributed by atoms with Gasteiger partial charge in [-0.3, -0.25) is 0 Å². The summed E-state index contributed by atoms with van der Waals surface area (Å²) < 4.78 is 16.6. The van der Waals surface area contributed by atoms with Gasteiger partial charge in [0.25, 0.3) is 0 Å². The fourth-order valence-corrected chi connectivity index (χ4v) is 3.86. The Morgan fingerprint density at radius 1 is 1.03 bits per heavy atom. The number of benzene rings is 3. The Morgan fingerprint density at radius 3 is 2.56 bits per heavy atom. The van der Waals surface area contributed by atoms with Crippen LogP contribution in [0.25, 0.3) is 6.08 Å². The molecule has 0 bridgehead atoms. The van der Waals surface area contributed by atoms with E-state index in [0.29, 0.717) is 24.0 Å². The van der Waals surface area contributed by atoms with Crippen LogP contribution in [0.1, 0.15) is 11.1 Å². The second-order valence-electron chi connectivity index (χ2n) is 6.76. The van der Waals surface area contributed by atoms with E-state index < -0.39 is 5.97 Å². The SMILES string of the molecule is COc1cc(/C=C2\N=C(c3ccccc3)OC2=O)ccc1OCCSc1ccc(Cl)cc1. The largest absolute Gasteiger partial charge is 0.493 e. The number of methoxy groups -OCH3 is 1. The van der Waals surface area contributed by atoms with Crippen molar-refractivity contribution in [1.82, 2.24) is 0 Å². The van der Waals surface area contributed by atoms with Gasteiger partial charge in [0.1, 0.15) is 0 Å². The molecular weight excluding hydrogens is 446 g/mol. The first-order valence-electron chi connectivity index (χ1n) is 9.89. The van der Waals surface area contributed by atoms with Crippen molar-refractivity contribution in [3.05, 3.63) is 94.6 Å². The minimum Gasteiger partial charge on any atom is -0.493 e. The van der Waals surface area contributed by atoms with Crippen LogP contribution < -0.4 is 9.47 Å². The van der Waals surface area contributed by atoms with E-state index in [2.05, 4.69) is 4.99 Å². The van der Waals surface area contributed by atoms with Gasteiger partial charge < -0.3 is 14.2 Å². The first kappa shape index (κ1) is 22.0. The van der Waals surface area contributed by atoms with Gasteiger partial charge in [-0.15, -0.1) is 11.8 Å². The molecule has 3 aromatic rings. The van der Waals surface area contributed by atoms with Crippen LogP contribution in [0.3, 0.4) is 0 Å². The number of carbonyl (C=O) groups is 1. The van der Waals surface area contributed by atoms with Crippen LogP contribution in [-0.4, -0.2) is 31.3 Å². The van der Waals surface area contributed by atoms with Gasteiger partial charge in [-0.2, -0.15) is 0 Å². The van der Waals surface area contributed by atoms with Crippen LogP contribution in [0, 0.1) is 0 Å². The monoisotopic (exact) mass is 465 g/mol. The molecule has 4 rings (SSSR count). The van der Waals surface area contributed by atoms with Gasteiger partial charge in [0.2, 0.25) is 5.90 Å². The van der Waals surface area contributed by atoms with E-state index in [4.69, 9.17) is 25.8 Å². The second kappa shape index (κ2) is 10.4. The summed E-state index contributed by atoms with van der Waals surface area (Å²) in [5, 5.41) is 0.721. The predicted octanol–water partition coefficient (Wildman–Crippen LogP) is 5.86. The quantitative estimate of drug-likeness (QED) is 0.180. The van der Waals surface area contributed by atoms with Crippen LogP contribution in [0.2, 0.25) is 5.02 Å². The zero-order valence-corrected chi connectivity index (χ0v) is 18.9. The maximum absolute atomic E-state index is 12.2. The molecule has 0 atom stereocenters. The molecular formula is C25H20ClNO4S. The lowest BCUT2D eigenvalue weighted by molar-refractivity contribution is -0.129. The summed E-state index contributed by atoms with van der Waals surface area (Å²) in [6.45, 7) is 0.515. The minimum atomic E-state index is -0.484. The van der Waals surface area contributed by atoms with Gasteiger partial charge in [0.15, 0.2) is 17.2 Å². The molecule has 3 aromatic carbocycles. The average molecular weight is 466 g/mol. The Balaban J connectivity index is 1.41. The number of aliphatic imine (C=N–C) groups is 1. The van der Waals surface area contributed by atoms with Crippen molar-refractivity contribution < 1.29 is 19.0 Å². The molecule has 0 aliphatic carbocycles. The molecule has 0 saturated carbocycles. The van der Waals surface area contributed by atoms with Gasteiger partial charge in [-0.25, -0.2) is 9.79 Å². The third-order valence-corrected chi connectivity index (χ3v) is 5.78. The van der Waals surface area contributed by atoms with Crippen molar-refractivity contribution in [3.8, 4) is 11.5 Å². The molecule has 5 nitrogen and oxygen atoms in total. The predicted molar refractivity (Wildman–Crippen MR) is 128 cm³/mol. The molecule has 0 N–H and O–H groups in total. The summed E-state index contributed by atoms with van der Waals surface area (Å²) in [6.07, 6.45) is 1.67. The van der Waals surface area contributed by atoms with Crippen molar-refractivity contribution in [1.29, 1.82) is 0 Å². The van der Waals surface area contributed by atoms with Gasteiger partial charge in [-0.05, 0) is 60.2 Å². The average Bonchev–Trinajstić information content (AvgIpc) is 3.19. The minimum absolute atomic E-state index is 0.235. The lowest BCUT2D eigenvalue weighted by Gasteiger charge is -2.11. The molecule has 0 radical (unpaired) electrons. The Bertz CT molecular complexity index is 1160. The Kier molecular flexibility index (Phi) is 7.14. The highest BCUT2D eigenvalue weighted by molar-refractivity contribution is 7.99. The number of carbonyl (C=O) groups excluding carboxylic acids is 1. The molecule has 1 aliphatic rings. The number of hydrogen-bond donors (Lipinski definition) is 0. The van der Waals surface area contributed by atoms with Crippen LogP contribution in [0.15, 0.2) is 88.4 Å². The Labute approximate surface area is 195 Å². The van der Waals surface area contributed by atoms with Crippen LogP contribution >= 0.6 is 23.4 Å². The number of esters is 1. The van der Waals surface area contributed by atoms with Crippen molar-refractivity contribution >= 4 is 41.3 Å². The molecule has 0 amide bonds. The zero-order chi connectivity index (χ0) is 22.3. The molecule has 0 fully saturated rings. The number of nitrogens with zero attached hydrogens (tertiary/aromatic N) is 1. The first-order valence-corrected chi connectivity index (χ1v) is 11.3. The first-order chi connectivity index (χ1) is 15.6. The summed E-state index contributed by atoms with van der Waals surface area (Å²) in [6, 6.07) is 22.5. The van der Waals surface area contributed by atoms with Gasteiger partial charge in [-0.1, -0.05) is 35.9 Å². The summed E-state index contributed by atoms with van der Waals surface area (Å²) >= 11 is 7.60. The van der Waals surface area contributed by atoms with Crippen LogP contribution in [0.4, 0.5) is 0 Å². The van der Waals surface area contributed by atoms with E-state index in [1.165, 1.54) is 0 Å². The lowest BCUT2D eigenvalue weighted by atomic mass is 10.1. The Morgan fingerprint density at radius 2 is 1.81 bits per heavy atom. The smallest absolute Gasteiger partial charge is 0.363 e. The topological polar surface area (TPSA) is 57.1 Å². The zero-order valence-electron chi connectivity index (χ0n) is 17.3. The summed E-state index contributed by atoms with van der Waals surface area (Å²) in [5.74, 6) is 1.80. The molecule has 0 spiro atoms. The third kappa shape index (κ3) is 5.52. The molecule has 0 saturated heterocycles. The molecule has 0 unspecified atom stereocenters. The van der Waals surface area contributed by atoms with Gasteiger partial charge in [0, 0.05) is 21.2 Å². The molecule has 1 heterocycles. The van der Waals surface area contributed by atoms with Crippen LogP contribution in [0.5, 0.6) is 11.5 Å². The molecule has 162 valence electrons. The highest BCUT2D eigenvalue weighted by atomic mass is 35.5. The molecule has 0 aromatic heterocycles. The maximum atomic E-state index is 12.2. The van der Waals surface area contributed by atoms with Crippen molar-refractivity contribution in [2.24, 2.45) is 4.99 Å². The summed E-state index contributed by atoms with van der Waals surface area (Å²) in [5.41, 5.74) is 1.75. The van der Waals surface area contributed by atoms with E-state index in [-0.39, 0.29) is 5.70 Å². The Hall–Kier alpha value is -3.22. The fraction of sp³-hybridized carbons (Fsp3) is 0.120. The third-order valence-electron chi connectivity index (χ3n) is 4.56. The normalized spacial score (nSPS) is 14.2. The highest BCUT2D eigenvalue weighted by Crippen LogP contribution is 2.30. The second-order valence-corrected chi connectivity index (χ2v) is 8.37. The van der Waals surface area contributed by atoms with Gasteiger partial charge >= 0.3 is 5.97 Å². The van der Waals surface area contributed by atoms with E-state index in [0.717, 1.165) is 26.8 Å². The molecule has 1 aliphatic heterocycles. The lowest BCUT2D eigenvalue weighted by Crippen LogP contribution is -2.05. The number of thioether (sulfide) groups is 1. The number of halogens is 1. The standard InChI is InChI=1S/C25H20ClNO4S/c1-29-23-16-17(15-21-25(28)31-24(27-21)18-5-3-2-4-6-18)7-12-22(23)30-13-14-32-20-10-8-19(26)9-11-20/h2-12,15-16H,13-14H2,1H3/b21-15-. The van der Waals surface area contributed by atoms with Crippen molar-refractivity contribution in [3.63, 3.8) is 0 Å². The van der Waals surface area contributed by atoms with Gasteiger partial charge in [0.05, 0.1) is 13.7 Å². The number of hydrogen-bond acceptors (Lipinski definition) is 6. The van der Waals surface area contributed by atoms with Crippen molar-refractivity contribution in [2.75, 3.05) is 19.5 Å². The highest BCUT2D eigenvalue weighted by Gasteiger charge is 2.24.